The number of aromatic nitrogens is 1. The Morgan fingerprint density at radius 2 is 1.83 bits per heavy atom. The SMILES string of the molecule is CCCOCc1ccccc1CNC(=NC)NCCn1cccc1. The molecule has 0 saturated heterocycles. The van der Waals surface area contributed by atoms with E-state index in [-0.39, 0.29) is 0 Å². The van der Waals surface area contributed by atoms with E-state index < -0.39 is 0 Å². The monoisotopic (exact) mass is 328 g/mol. The van der Waals surface area contributed by atoms with E-state index in [0.29, 0.717) is 6.61 Å². The van der Waals surface area contributed by atoms with Gasteiger partial charge in [-0.05, 0) is 29.7 Å². The first-order chi connectivity index (χ1) is 11.8. The van der Waals surface area contributed by atoms with Gasteiger partial charge >= 0.3 is 0 Å². The van der Waals surface area contributed by atoms with E-state index in [1.807, 2.05) is 12.1 Å². The molecule has 2 aromatic rings. The minimum Gasteiger partial charge on any atom is -0.377 e. The van der Waals surface area contributed by atoms with E-state index in [0.717, 1.165) is 38.6 Å². The molecule has 2 rings (SSSR count). The minimum atomic E-state index is 0.658. The van der Waals surface area contributed by atoms with Crippen LogP contribution in [0.5, 0.6) is 0 Å². The second-order valence-electron chi connectivity index (χ2n) is 5.59. The van der Waals surface area contributed by atoms with Crippen LogP contribution in [0.3, 0.4) is 0 Å². The summed E-state index contributed by atoms with van der Waals surface area (Å²) >= 11 is 0. The highest BCUT2D eigenvalue weighted by Crippen LogP contribution is 2.10. The third kappa shape index (κ3) is 6.08. The van der Waals surface area contributed by atoms with Gasteiger partial charge in [0.2, 0.25) is 0 Å². The fraction of sp³-hybridized carbons (Fsp3) is 0.421. The molecule has 24 heavy (non-hydrogen) atoms. The number of ether oxygens (including phenoxy) is 1. The average Bonchev–Trinajstić information content (AvgIpc) is 3.12. The van der Waals surface area contributed by atoms with Crippen LogP contribution >= 0.6 is 0 Å². The van der Waals surface area contributed by atoms with Gasteiger partial charge in [-0.3, -0.25) is 4.99 Å². The number of benzene rings is 1. The summed E-state index contributed by atoms with van der Waals surface area (Å²) in [5.41, 5.74) is 2.46. The molecule has 0 fully saturated rings. The number of hydrogen-bond donors (Lipinski definition) is 2. The zero-order valence-corrected chi connectivity index (χ0v) is 14.7. The molecule has 130 valence electrons. The van der Waals surface area contributed by atoms with Gasteiger partial charge in [0.05, 0.1) is 6.61 Å². The van der Waals surface area contributed by atoms with E-state index in [1.165, 1.54) is 11.1 Å². The lowest BCUT2D eigenvalue weighted by Gasteiger charge is -2.14. The average molecular weight is 328 g/mol. The molecule has 5 nitrogen and oxygen atoms in total. The first-order valence-electron chi connectivity index (χ1n) is 8.53. The fourth-order valence-corrected chi connectivity index (χ4v) is 2.42. The van der Waals surface area contributed by atoms with Crippen LogP contribution in [0.4, 0.5) is 0 Å². The molecule has 0 aliphatic heterocycles. The van der Waals surface area contributed by atoms with Crippen molar-refractivity contribution in [1.82, 2.24) is 15.2 Å². The topological polar surface area (TPSA) is 50.6 Å². The summed E-state index contributed by atoms with van der Waals surface area (Å²) in [6.45, 7) is 6.05. The van der Waals surface area contributed by atoms with Crippen molar-refractivity contribution < 1.29 is 4.74 Å². The molecule has 0 radical (unpaired) electrons. The minimum absolute atomic E-state index is 0.658. The number of nitrogens with zero attached hydrogens (tertiary/aromatic N) is 2. The summed E-state index contributed by atoms with van der Waals surface area (Å²) in [5, 5.41) is 6.71. The largest absolute Gasteiger partial charge is 0.377 e. The summed E-state index contributed by atoms with van der Waals surface area (Å²) in [7, 11) is 1.79. The van der Waals surface area contributed by atoms with Crippen molar-refractivity contribution in [3.63, 3.8) is 0 Å². The van der Waals surface area contributed by atoms with Crippen molar-refractivity contribution in [3.05, 3.63) is 59.9 Å². The van der Waals surface area contributed by atoms with Crippen molar-refractivity contribution in [2.24, 2.45) is 4.99 Å². The molecule has 0 aliphatic rings. The van der Waals surface area contributed by atoms with Crippen molar-refractivity contribution in [1.29, 1.82) is 0 Å². The molecular formula is C19H28N4O. The van der Waals surface area contributed by atoms with Crippen molar-refractivity contribution >= 4 is 5.96 Å². The maximum Gasteiger partial charge on any atom is 0.191 e. The zero-order chi connectivity index (χ0) is 17.0. The number of rotatable bonds is 9. The quantitative estimate of drug-likeness (QED) is 0.423. The van der Waals surface area contributed by atoms with Gasteiger partial charge in [0.1, 0.15) is 0 Å². The predicted octanol–water partition coefficient (Wildman–Crippen LogP) is 2.78. The summed E-state index contributed by atoms with van der Waals surface area (Å²) in [6, 6.07) is 12.4. The van der Waals surface area contributed by atoms with Crippen LogP contribution in [0.2, 0.25) is 0 Å². The Morgan fingerprint density at radius 1 is 1.08 bits per heavy atom. The lowest BCUT2D eigenvalue weighted by Crippen LogP contribution is -2.38. The van der Waals surface area contributed by atoms with Crippen molar-refractivity contribution in [2.75, 3.05) is 20.2 Å². The van der Waals surface area contributed by atoms with Crippen LogP contribution in [-0.2, 0) is 24.4 Å². The normalized spacial score (nSPS) is 11.5. The highest BCUT2D eigenvalue weighted by molar-refractivity contribution is 5.79. The summed E-state index contributed by atoms with van der Waals surface area (Å²) in [6.07, 6.45) is 5.16. The summed E-state index contributed by atoms with van der Waals surface area (Å²) < 4.78 is 7.81. The van der Waals surface area contributed by atoms with Crippen LogP contribution in [0.1, 0.15) is 24.5 Å². The third-order valence-corrected chi connectivity index (χ3v) is 3.72. The number of guanidine groups is 1. The van der Waals surface area contributed by atoms with Gasteiger partial charge in [0.25, 0.3) is 0 Å². The second kappa shape index (κ2) is 10.5. The molecule has 0 unspecified atom stereocenters. The molecule has 1 heterocycles. The van der Waals surface area contributed by atoms with Gasteiger partial charge in [0, 0.05) is 45.7 Å². The lowest BCUT2D eigenvalue weighted by molar-refractivity contribution is 0.121. The Morgan fingerprint density at radius 3 is 2.54 bits per heavy atom. The van der Waals surface area contributed by atoms with Gasteiger partial charge in [0.15, 0.2) is 5.96 Å². The van der Waals surface area contributed by atoms with E-state index in [9.17, 15) is 0 Å². The predicted molar refractivity (Wildman–Crippen MR) is 99.0 cm³/mol. The second-order valence-corrected chi connectivity index (χ2v) is 5.59. The van der Waals surface area contributed by atoms with Gasteiger partial charge in [-0.1, -0.05) is 31.2 Å². The molecule has 0 aliphatic carbocycles. The maximum atomic E-state index is 5.67. The molecule has 0 bridgehead atoms. The smallest absolute Gasteiger partial charge is 0.191 e. The standard InChI is InChI=1S/C19H28N4O/c1-3-14-24-16-18-9-5-4-8-17(18)15-22-19(20-2)21-10-13-23-11-6-7-12-23/h4-9,11-12H,3,10,13-16H2,1-2H3,(H2,20,21,22). The lowest BCUT2D eigenvalue weighted by atomic mass is 10.1. The highest BCUT2D eigenvalue weighted by Gasteiger charge is 2.03. The molecule has 0 atom stereocenters. The van der Waals surface area contributed by atoms with Crippen LogP contribution < -0.4 is 10.6 Å². The first kappa shape index (κ1) is 18.1. The van der Waals surface area contributed by atoms with Crippen LogP contribution in [0.25, 0.3) is 0 Å². The molecule has 0 saturated carbocycles. The van der Waals surface area contributed by atoms with Crippen molar-refractivity contribution in [3.8, 4) is 0 Å². The maximum absolute atomic E-state index is 5.67. The van der Waals surface area contributed by atoms with Gasteiger partial charge in [-0.15, -0.1) is 0 Å². The Labute approximate surface area is 144 Å². The van der Waals surface area contributed by atoms with E-state index >= 15 is 0 Å². The molecule has 0 spiro atoms. The number of nitrogens with one attached hydrogen (secondary N) is 2. The highest BCUT2D eigenvalue weighted by atomic mass is 16.5. The van der Waals surface area contributed by atoms with E-state index in [1.54, 1.807) is 7.05 Å². The zero-order valence-electron chi connectivity index (χ0n) is 14.7. The molecule has 1 aromatic heterocycles. The third-order valence-electron chi connectivity index (χ3n) is 3.72. The van der Waals surface area contributed by atoms with E-state index in [4.69, 9.17) is 4.74 Å². The Kier molecular flexibility index (Phi) is 7.90. The summed E-state index contributed by atoms with van der Waals surface area (Å²) in [5.74, 6) is 0.812. The number of aliphatic imine (C=N–C) groups is 1. The molecule has 0 amide bonds. The first-order valence-corrected chi connectivity index (χ1v) is 8.53. The van der Waals surface area contributed by atoms with Gasteiger partial charge in [-0.25, -0.2) is 0 Å². The Hall–Kier alpha value is -2.27. The Balaban J connectivity index is 1.79. The molecule has 2 N–H and O–H groups in total. The van der Waals surface area contributed by atoms with Crippen molar-refractivity contribution in [2.45, 2.75) is 33.0 Å². The summed E-state index contributed by atoms with van der Waals surface area (Å²) in [4.78, 5) is 4.28. The van der Waals surface area contributed by atoms with Crippen LogP contribution in [0, 0.1) is 0 Å². The molecule has 1 aromatic carbocycles. The van der Waals surface area contributed by atoms with Gasteiger partial charge < -0.3 is 19.9 Å². The van der Waals surface area contributed by atoms with Crippen LogP contribution in [0.15, 0.2) is 53.8 Å². The van der Waals surface area contributed by atoms with Gasteiger partial charge in [-0.2, -0.15) is 0 Å². The Bertz CT molecular complexity index is 608. The van der Waals surface area contributed by atoms with E-state index in [2.05, 4.69) is 63.8 Å². The van der Waals surface area contributed by atoms with Crippen LogP contribution in [-0.4, -0.2) is 30.7 Å². The fourth-order valence-electron chi connectivity index (χ4n) is 2.42. The number of hydrogen-bond acceptors (Lipinski definition) is 2. The molecular weight excluding hydrogens is 300 g/mol. The molecule has 5 heteroatoms.